The maximum absolute atomic E-state index is 11.8. The molecule has 0 saturated heterocycles. The van der Waals surface area contributed by atoms with Crippen LogP contribution in [0.1, 0.15) is 0 Å². The summed E-state index contributed by atoms with van der Waals surface area (Å²) in [5.41, 5.74) is 2.19. The number of fused-ring (bicyclic) bond motifs is 1. The number of aromatic amines is 1. The summed E-state index contributed by atoms with van der Waals surface area (Å²) >= 11 is 2.89. The van der Waals surface area contributed by atoms with Crippen LogP contribution in [0.4, 0.5) is 5.13 Å². The first-order chi connectivity index (χ1) is 9.74. The normalized spacial score (nSPS) is 10.8. The minimum absolute atomic E-state index is 0.0522. The molecule has 2 N–H and O–H groups in total. The van der Waals surface area contributed by atoms with Crippen LogP contribution >= 0.6 is 23.1 Å². The Labute approximate surface area is 124 Å². The number of rotatable bonds is 4. The predicted molar refractivity (Wildman–Crippen MR) is 80.9 cm³/mol. The molecule has 0 bridgehead atoms. The number of nitrogens with one attached hydrogen (secondary N) is 2. The maximum Gasteiger partial charge on any atom is 0.317 e. The first-order valence-corrected chi connectivity index (χ1v) is 7.89. The zero-order valence-corrected chi connectivity index (χ0v) is 12.4. The van der Waals surface area contributed by atoms with Crippen molar-refractivity contribution >= 4 is 45.2 Å². The van der Waals surface area contributed by atoms with Crippen molar-refractivity contribution in [3.05, 3.63) is 35.8 Å². The van der Waals surface area contributed by atoms with Crippen LogP contribution in [0.25, 0.3) is 11.0 Å². The zero-order valence-electron chi connectivity index (χ0n) is 10.8. The molecule has 102 valence electrons. The lowest BCUT2D eigenvalue weighted by Gasteiger charge is -1.98. The Bertz CT molecular complexity index is 736. The lowest BCUT2D eigenvalue weighted by Crippen LogP contribution is -2.29. The van der Waals surface area contributed by atoms with E-state index in [1.807, 2.05) is 36.7 Å². The van der Waals surface area contributed by atoms with E-state index in [2.05, 4.69) is 19.9 Å². The molecule has 20 heavy (non-hydrogen) atoms. The standard InChI is InChI=1S/C13H12N4OS2/c1-17-10-5-3-2-4-9(10)15-13(17)20-8-11(18)16-12-14-6-7-19-12/h2-7H,8H2,1H3,(H,14,16,18)/p+1. The van der Waals surface area contributed by atoms with E-state index in [1.54, 1.807) is 6.20 Å². The lowest BCUT2D eigenvalue weighted by molar-refractivity contribution is -0.683. The average Bonchev–Trinajstić information content (AvgIpc) is 3.06. The fourth-order valence-electron chi connectivity index (χ4n) is 1.89. The van der Waals surface area contributed by atoms with Crippen LogP contribution in [0.3, 0.4) is 0 Å². The van der Waals surface area contributed by atoms with E-state index in [1.165, 1.54) is 23.1 Å². The quantitative estimate of drug-likeness (QED) is 0.574. The number of H-pyrrole nitrogens is 1. The van der Waals surface area contributed by atoms with Gasteiger partial charge in [-0.15, -0.1) is 11.3 Å². The first kappa shape index (κ1) is 13.1. The smallest absolute Gasteiger partial charge is 0.301 e. The summed E-state index contributed by atoms with van der Waals surface area (Å²) in [6.07, 6.45) is 1.67. The molecular weight excluding hydrogens is 292 g/mol. The van der Waals surface area contributed by atoms with Gasteiger partial charge in [-0.3, -0.25) is 4.79 Å². The van der Waals surface area contributed by atoms with Crippen LogP contribution in [0.2, 0.25) is 0 Å². The van der Waals surface area contributed by atoms with E-state index < -0.39 is 0 Å². The molecule has 0 aliphatic carbocycles. The van der Waals surface area contributed by atoms with Crippen molar-refractivity contribution < 1.29 is 9.36 Å². The fraction of sp³-hybridized carbons (Fsp3) is 0.154. The van der Waals surface area contributed by atoms with Crippen LogP contribution in [0.15, 0.2) is 41.0 Å². The van der Waals surface area contributed by atoms with Gasteiger partial charge in [0.05, 0.1) is 12.8 Å². The third-order valence-corrected chi connectivity index (χ3v) is 4.57. The van der Waals surface area contributed by atoms with Crippen molar-refractivity contribution in [3.8, 4) is 0 Å². The van der Waals surface area contributed by atoms with E-state index in [9.17, 15) is 4.79 Å². The summed E-state index contributed by atoms with van der Waals surface area (Å²) < 4.78 is 2.05. The van der Waals surface area contributed by atoms with Crippen molar-refractivity contribution in [2.75, 3.05) is 11.1 Å². The van der Waals surface area contributed by atoms with Crippen molar-refractivity contribution in [1.29, 1.82) is 0 Å². The lowest BCUT2D eigenvalue weighted by atomic mass is 10.3. The predicted octanol–water partition coefficient (Wildman–Crippen LogP) is 2.18. The molecule has 3 rings (SSSR count). The van der Waals surface area contributed by atoms with E-state index in [-0.39, 0.29) is 5.91 Å². The SMILES string of the molecule is C[n+]1c(SCC(=O)Nc2nccs2)[nH]c2ccccc21. The fourth-order valence-corrected chi connectivity index (χ4v) is 3.25. The van der Waals surface area contributed by atoms with Gasteiger partial charge in [-0.2, -0.15) is 0 Å². The minimum Gasteiger partial charge on any atom is -0.301 e. The molecule has 0 radical (unpaired) electrons. The summed E-state index contributed by atoms with van der Waals surface area (Å²) in [7, 11) is 1.99. The van der Waals surface area contributed by atoms with Crippen LogP contribution in [0, 0.1) is 0 Å². The zero-order chi connectivity index (χ0) is 13.9. The average molecular weight is 305 g/mol. The third kappa shape index (κ3) is 2.68. The topological polar surface area (TPSA) is 61.7 Å². The highest BCUT2D eigenvalue weighted by Crippen LogP contribution is 2.17. The van der Waals surface area contributed by atoms with Crippen LogP contribution in [-0.2, 0) is 11.8 Å². The summed E-state index contributed by atoms with van der Waals surface area (Å²) in [5.74, 6) is 0.295. The van der Waals surface area contributed by atoms with Gasteiger partial charge in [0, 0.05) is 11.6 Å². The van der Waals surface area contributed by atoms with Crippen molar-refractivity contribution in [3.63, 3.8) is 0 Å². The molecule has 3 aromatic rings. The number of nitrogens with zero attached hydrogens (tertiary/aromatic N) is 2. The molecule has 5 nitrogen and oxygen atoms in total. The molecular formula is C13H13N4OS2+. The number of thioether (sulfide) groups is 1. The summed E-state index contributed by atoms with van der Waals surface area (Å²) in [6, 6.07) is 8.06. The molecule has 0 spiro atoms. The van der Waals surface area contributed by atoms with Crippen molar-refractivity contribution in [2.24, 2.45) is 7.05 Å². The molecule has 0 unspecified atom stereocenters. The van der Waals surface area contributed by atoms with Gasteiger partial charge < -0.3 is 5.32 Å². The summed E-state index contributed by atoms with van der Waals surface area (Å²) in [5, 5.41) is 6.20. The second kappa shape index (κ2) is 5.64. The number of para-hydroxylation sites is 2. The molecule has 1 amide bonds. The van der Waals surface area contributed by atoms with E-state index in [4.69, 9.17) is 0 Å². The monoisotopic (exact) mass is 305 g/mol. The number of imidazole rings is 1. The molecule has 0 aliphatic rings. The number of amides is 1. The van der Waals surface area contributed by atoms with E-state index in [0.717, 1.165) is 16.2 Å². The van der Waals surface area contributed by atoms with E-state index >= 15 is 0 Å². The number of hydrogen-bond donors (Lipinski definition) is 2. The Balaban J connectivity index is 1.68. The minimum atomic E-state index is -0.0522. The largest absolute Gasteiger partial charge is 0.317 e. The number of hydrogen-bond acceptors (Lipinski definition) is 4. The molecule has 0 atom stereocenters. The second-order valence-corrected chi connectivity index (χ2v) is 6.04. The van der Waals surface area contributed by atoms with Crippen LogP contribution < -0.4 is 9.88 Å². The van der Waals surface area contributed by atoms with Gasteiger partial charge in [0.15, 0.2) is 16.2 Å². The Morgan fingerprint density at radius 1 is 1.50 bits per heavy atom. The van der Waals surface area contributed by atoms with Gasteiger partial charge in [0.25, 0.3) is 0 Å². The maximum atomic E-state index is 11.8. The van der Waals surface area contributed by atoms with E-state index in [0.29, 0.717) is 10.9 Å². The van der Waals surface area contributed by atoms with Crippen molar-refractivity contribution in [2.45, 2.75) is 5.16 Å². The number of anilines is 1. The van der Waals surface area contributed by atoms with Gasteiger partial charge in [-0.1, -0.05) is 12.1 Å². The van der Waals surface area contributed by atoms with Gasteiger partial charge in [-0.05, 0) is 23.9 Å². The number of aromatic nitrogens is 3. The first-order valence-electron chi connectivity index (χ1n) is 6.03. The van der Waals surface area contributed by atoms with Crippen molar-refractivity contribution in [1.82, 2.24) is 9.97 Å². The molecule has 2 heterocycles. The molecule has 2 aromatic heterocycles. The Morgan fingerprint density at radius 2 is 2.35 bits per heavy atom. The number of aryl methyl sites for hydroxylation is 1. The highest BCUT2D eigenvalue weighted by molar-refractivity contribution is 7.99. The number of carbonyl (C=O) groups excluding carboxylic acids is 1. The van der Waals surface area contributed by atoms with Crippen LogP contribution in [0.5, 0.6) is 0 Å². The highest BCUT2D eigenvalue weighted by atomic mass is 32.2. The molecule has 7 heteroatoms. The van der Waals surface area contributed by atoms with Gasteiger partial charge in [0.2, 0.25) is 5.91 Å². The Kier molecular flexibility index (Phi) is 3.70. The Hall–Kier alpha value is -1.86. The summed E-state index contributed by atoms with van der Waals surface area (Å²) in [6.45, 7) is 0. The number of thiazole rings is 1. The number of carbonyl (C=O) groups is 1. The molecule has 0 fully saturated rings. The number of benzene rings is 1. The molecule has 1 aromatic carbocycles. The van der Waals surface area contributed by atoms with Crippen LogP contribution in [-0.4, -0.2) is 21.6 Å². The molecule has 0 aliphatic heterocycles. The summed E-state index contributed by atoms with van der Waals surface area (Å²) in [4.78, 5) is 19.2. The van der Waals surface area contributed by atoms with Gasteiger partial charge in [0.1, 0.15) is 0 Å². The van der Waals surface area contributed by atoms with Gasteiger partial charge in [-0.25, -0.2) is 14.5 Å². The third-order valence-electron chi connectivity index (χ3n) is 2.83. The highest BCUT2D eigenvalue weighted by Gasteiger charge is 2.16. The van der Waals surface area contributed by atoms with Gasteiger partial charge >= 0.3 is 5.16 Å². The Morgan fingerprint density at radius 3 is 3.10 bits per heavy atom. The second-order valence-electron chi connectivity index (χ2n) is 4.18. The molecule has 0 saturated carbocycles.